The Bertz CT molecular complexity index is 656. The molecule has 0 saturated heterocycles. The first-order valence-electron chi connectivity index (χ1n) is 7.98. The maximum atomic E-state index is 12.2. The summed E-state index contributed by atoms with van der Waals surface area (Å²) in [5, 5.41) is 14.4. The zero-order valence-electron chi connectivity index (χ0n) is 13.6. The molecule has 128 valence electrons. The second-order valence-electron chi connectivity index (χ2n) is 6.12. The van der Waals surface area contributed by atoms with Gasteiger partial charge in [0.1, 0.15) is 6.04 Å². The lowest BCUT2D eigenvalue weighted by Gasteiger charge is -2.14. The molecule has 2 amide bonds. The van der Waals surface area contributed by atoms with E-state index in [1.54, 1.807) is 30.3 Å². The molecule has 1 aromatic carbocycles. The molecule has 3 atom stereocenters. The van der Waals surface area contributed by atoms with Crippen molar-refractivity contribution >= 4 is 23.5 Å². The van der Waals surface area contributed by atoms with Crippen LogP contribution in [0.4, 0.5) is 5.69 Å². The van der Waals surface area contributed by atoms with Crippen LogP contribution in [-0.4, -0.2) is 28.9 Å². The van der Waals surface area contributed by atoms with E-state index in [1.165, 1.54) is 0 Å². The molecule has 6 nitrogen and oxygen atoms in total. The summed E-state index contributed by atoms with van der Waals surface area (Å²) in [6, 6.07) is 5.51. The minimum absolute atomic E-state index is 0.0396. The molecule has 3 N–H and O–H groups in total. The molecular weight excluding hydrogens is 308 g/mol. The molecule has 0 radical (unpaired) electrons. The zero-order valence-corrected chi connectivity index (χ0v) is 13.6. The molecule has 1 fully saturated rings. The summed E-state index contributed by atoms with van der Waals surface area (Å²) in [7, 11) is 0. The van der Waals surface area contributed by atoms with E-state index in [9.17, 15) is 14.4 Å². The molecule has 6 heteroatoms. The van der Waals surface area contributed by atoms with Gasteiger partial charge in [-0.05, 0) is 43.4 Å². The lowest BCUT2D eigenvalue weighted by molar-refractivity contribution is -0.139. The van der Waals surface area contributed by atoms with Gasteiger partial charge in [0.15, 0.2) is 0 Å². The van der Waals surface area contributed by atoms with Crippen LogP contribution in [0.5, 0.6) is 0 Å². The van der Waals surface area contributed by atoms with Gasteiger partial charge in [0.2, 0.25) is 5.91 Å². The van der Waals surface area contributed by atoms with Crippen LogP contribution < -0.4 is 10.6 Å². The number of amides is 2. The summed E-state index contributed by atoms with van der Waals surface area (Å²) < 4.78 is 0. The molecule has 2 rings (SSSR count). The normalized spacial score (nSPS) is 19.9. The van der Waals surface area contributed by atoms with Crippen LogP contribution in [-0.2, 0) is 9.59 Å². The Morgan fingerprint density at radius 1 is 1.42 bits per heavy atom. The molecule has 0 aliphatic heterocycles. The van der Waals surface area contributed by atoms with Crippen molar-refractivity contribution in [3.05, 3.63) is 42.5 Å². The average Bonchev–Trinajstić information content (AvgIpc) is 3.28. The maximum absolute atomic E-state index is 12.2. The first-order valence-corrected chi connectivity index (χ1v) is 7.98. The number of carbonyl (C=O) groups is 3. The van der Waals surface area contributed by atoms with Crippen molar-refractivity contribution in [2.75, 3.05) is 5.32 Å². The van der Waals surface area contributed by atoms with E-state index in [0.717, 1.165) is 6.42 Å². The fourth-order valence-corrected chi connectivity index (χ4v) is 2.44. The topological polar surface area (TPSA) is 95.5 Å². The van der Waals surface area contributed by atoms with Crippen LogP contribution in [0.2, 0.25) is 0 Å². The molecule has 1 aliphatic rings. The Morgan fingerprint density at radius 3 is 2.71 bits per heavy atom. The largest absolute Gasteiger partial charge is 0.480 e. The van der Waals surface area contributed by atoms with Gasteiger partial charge >= 0.3 is 5.97 Å². The van der Waals surface area contributed by atoms with Gasteiger partial charge in [-0.2, -0.15) is 0 Å². The number of hydrogen-bond donors (Lipinski definition) is 3. The van der Waals surface area contributed by atoms with E-state index in [2.05, 4.69) is 17.2 Å². The predicted octanol–water partition coefficient (Wildman–Crippen LogP) is 2.43. The Balaban J connectivity index is 2.01. The minimum atomic E-state index is -1.09. The SMILES string of the molecule is C=CCCC(NC(=O)c1cccc(NC(=O)C2CC2C)c1)C(=O)O. The van der Waals surface area contributed by atoms with Crippen LogP contribution >= 0.6 is 0 Å². The molecule has 3 unspecified atom stereocenters. The van der Waals surface area contributed by atoms with E-state index in [4.69, 9.17) is 5.11 Å². The van der Waals surface area contributed by atoms with Crippen molar-refractivity contribution in [3.8, 4) is 0 Å². The number of carboxylic acid groups (broad SMARTS) is 1. The third-order valence-corrected chi connectivity index (χ3v) is 4.10. The standard InChI is InChI=1S/C18H22N2O4/c1-3-4-8-15(18(23)24)20-16(21)12-6-5-7-13(10-12)19-17(22)14-9-11(14)2/h3,5-7,10-11,14-15H,1,4,8-9H2,2H3,(H,19,22)(H,20,21)(H,23,24). The summed E-state index contributed by atoms with van der Waals surface area (Å²) in [5.74, 6) is -1.18. The van der Waals surface area contributed by atoms with Crippen LogP contribution in [0.25, 0.3) is 0 Å². The highest BCUT2D eigenvalue weighted by Crippen LogP contribution is 2.38. The summed E-state index contributed by atoms with van der Waals surface area (Å²) in [6.45, 7) is 5.56. The third-order valence-electron chi connectivity index (χ3n) is 4.10. The first kappa shape index (κ1) is 17.7. The number of carbonyl (C=O) groups excluding carboxylic acids is 2. The summed E-state index contributed by atoms with van der Waals surface area (Å²) in [5.41, 5.74) is 0.839. The van der Waals surface area contributed by atoms with Crippen molar-refractivity contribution in [2.45, 2.75) is 32.2 Å². The number of carboxylic acids is 1. The molecule has 0 aromatic heterocycles. The second kappa shape index (κ2) is 7.77. The fourth-order valence-electron chi connectivity index (χ4n) is 2.44. The Kier molecular flexibility index (Phi) is 5.73. The molecule has 0 heterocycles. The lowest BCUT2D eigenvalue weighted by atomic mass is 10.1. The van der Waals surface area contributed by atoms with Gasteiger partial charge in [0.25, 0.3) is 5.91 Å². The fraction of sp³-hybridized carbons (Fsp3) is 0.389. The zero-order chi connectivity index (χ0) is 17.7. The smallest absolute Gasteiger partial charge is 0.326 e. The monoisotopic (exact) mass is 330 g/mol. The van der Waals surface area contributed by atoms with Gasteiger partial charge in [-0.25, -0.2) is 4.79 Å². The third kappa shape index (κ3) is 4.68. The number of benzene rings is 1. The molecule has 0 spiro atoms. The molecule has 1 saturated carbocycles. The number of allylic oxidation sites excluding steroid dienone is 1. The number of aliphatic carboxylic acids is 1. The summed E-state index contributed by atoms with van der Waals surface area (Å²) >= 11 is 0. The molecule has 1 aromatic rings. The summed E-state index contributed by atoms with van der Waals surface area (Å²) in [6.07, 6.45) is 3.26. The Morgan fingerprint density at radius 2 is 2.12 bits per heavy atom. The highest BCUT2D eigenvalue weighted by Gasteiger charge is 2.39. The van der Waals surface area contributed by atoms with Crippen LogP contribution in [0.1, 0.15) is 36.5 Å². The second-order valence-corrected chi connectivity index (χ2v) is 6.12. The maximum Gasteiger partial charge on any atom is 0.326 e. The van der Waals surface area contributed by atoms with Gasteiger partial charge in [-0.1, -0.05) is 19.1 Å². The number of nitrogens with one attached hydrogen (secondary N) is 2. The van der Waals surface area contributed by atoms with Crippen molar-refractivity contribution in [2.24, 2.45) is 11.8 Å². The number of hydrogen-bond acceptors (Lipinski definition) is 3. The molecule has 0 bridgehead atoms. The van der Waals surface area contributed by atoms with E-state index < -0.39 is 17.9 Å². The molecular formula is C18H22N2O4. The quantitative estimate of drug-likeness (QED) is 0.638. The molecule has 24 heavy (non-hydrogen) atoms. The van der Waals surface area contributed by atoms with Gasteiger partial charge in [-0.3, -0.25) is 9.59 Å². The van der Waals surface area contributed by atoms with E-state index in [1.807, 2.05) is 6.92 Å². The summed E-state index contributed by atoms with van der Waals surface area (Å²) in [4.78, 5) is 35.4. The minimum Gasteiger partial charge on any atom is -0.480 e. The van der Waals surface area contributed by atoms with Crippen LogP contribution in [0, 0.1) is 11.8 Å². The number of rotatable bonds is 8. The van der Waals surface area contributed by atoms with Gasteiger partial charge < -0.3 is 15.7 Å². The van der Waals surface area contributed by atoms with Crippen molar-refractivity contribution in [1.29, 1.82) is 0 Å². The van der Waals surface area contributed by atoms with Crippen molar-refractivity contribution in [3.63, 3.8) is 0 Å². The molecule has 1 aliphatic carbocycles. The van der Waals surface area contributed by atoms with E-state index in [-0.39, 0.29) is 18.2 Å². The van der Waals surface area contributed by atoms with Crippen molar-refractivity contribution < 1.29 is 19.5 Å². The van der Waals surface area contributed by atoms with E-state index >= 15 is 0 Å². The van der Waals surface area contributed by atoms with Gasteiger partial charge in [0.05, 0.1) is 0 Å². The Hall–Kier alpha value is -2.63. The Labute approximate surface area is 140 Å². The lowest BCUT2D eigenvalue weighted by Crippen LogP contribution is -2.40. The predicted molar refractivity (Wildman–Crippen MR) is 90.7 cm³/mol. The van der Waals surface area contributed by atoms with Crippen LogP contribution in [0.3, 0.4) is 0 Å². The van der Waals surface area contributed by atoms with Gasteiger partial charge in [0, 0.05) is 17.2 Å². The first-order chi connectivity index (χ1) is 11.4. The number of anilines is 1. The van der Waals surface area contributed by atoms with Gasteiger partial charge in [-0.15, -0.1) is 6.58 Å². The van der Waals surface area contributed by atoms with Crippen molar-refractivity contribution in [1.82, 2.24) is 5.32 Å². The van der Waals surface area contributed by atoms with Crippen LogP contribution in [0.15, 0.2) is 36.9 Å². The highest BCUT2D eigenvalue weighted by atomic mass is 16.4. The van der Waals surface area contributed by atoms with E-state index in [0.29, 0.717) is 23.6 Å². The highest BCUT2D eigenvalue weighted by molar-refractivity contribution is 5.99. The average molecular weight is 330 g/mol.